The zero-order chi connectivity index (χ0) is 13.4. The molecule has 4 unspecified atom stereocenters. The van der Waals surface area contributed by atoms with Crippen LogP contribution in [0.1, 0.15) is 19.3 Å². The number of carbonyl (C=O) groups is 2. The number of hydrogen-bond donors (Lipinski definition) is 1. The normalized spacial score (nSPS) is 31.8. The topological polar surface area (TPSA) is 66.6 Å². The zero-order valence-corrected chi connectivity index (χ0v) is 12.7. The van der Waals surface area contributed by atoms with E-state index in [1.165, 1.54) is 9.80 Å². The van der Waals surface area contributed by atoms with Crippen molar-refractivity contribution in [2.45, 2.75) is 25.3 Å². The average Bonchev–Trinajstić information content (AvgIpc) is 2.88. The summed E-state index contributed by atoms with van der Waals surface area (Å²) in [6, 6.07) is -0.00634. The third-order valence-corrected chi connectivity index (χ3v) is 4.51. The largest absolute Gasteiger partial charge is 0.347 e. The number of nitrogens with zero attached hydrogens (tertiary/aromatic N) is 2. The molecule has 0 aromatic carbocycles. The van der Waals surface area contributed by atoms with E-state index in [1.54, 1.807) is 21.1 Å². The first-order valence-electron chi connectivity index (χ1n) is 6.62. The number of halogens is 1. The monoisotopic (exact) mass is 289 g/mol. The molecule has 0 heterocycles. The SMILES string of the molecule is CN(C)C(=O)CN(C)C(=O)C1C2CCC(C2)C1N.Cl. The minimum atomic E-state index is -0.0660. The molecular formula is C13H24ClN3O2. The smallest absolute Gasteiger partial charge is 0.241 e. The molecule has 0 saturated heterocycles. The highest BCUT2D eigenvalue weighted by molar-refractivity contribution is 5.86. The summed E-state index contributed by atoms with van der Waals surface area (Å²) in [5.41, 5.74) is 6.15. The number of nitrogens with two attached hydrogens (primary N) is 1. The fourth-order valence-electron chi connectivity index (χ4n) is 3.38. The molecule has 2 saturated carbocycles. The fraction of sp³-hybridized carbons (Fsp3) is 0.846. The van der Waals surface area contributed by atoms with Gasteiger partial charge < -0.3 is 15.5 Å². The second-order valence-corrected chi connectivity index (χ2v) is 5.92. The lowest BCUT2D eigenvalue weighted by Gasteiger charge is -2.30. The number of fused-ring (bicyclic) bond motifs is 2. The second-order valence-electron chi connectivity index (χ2n) is 5.92. The van der Waals surface area contributed by atoms with Gasteiger partial charge in [0.25, 0.3) is 0 Å². The van der Waals surface area contributed by atoms with Crippen LogP contribution >= 0.6 is 12.4 Å². The molecule has 0 aromatic heterocycles. The highest BCUT2D eigenvalue weighted by atomic mass is 35.5. The Hall–Kier alpha value is -0.810. The van der Waals surface area contributed by atoms with Crippen LogP contribution in [0.25, 0.3) is 0 Å². The minimum absolute atomic E-state index is 0. The standard InChI is InChI=1S/C13H23N3O2.ClH/c1-15(2)10(17)7-16(3)13(18)11-8-4-5-9(6-8)12(11)14;/h8-9,11-12H,4-7,14H2,1-3H3;1H. The molecule has 0 aliphatic heterocycles. The first kappa shape index (κ1) is 16.2. The number of amides is 2. The van der Waals surface area contributed by atoms with Crippen molar-refractivity contribution in [3.63, 3.8) is 0 Å². The Labute approximate surface area is 120 Å². The van der Waals surface area contributed by atoms with E-state index >= 15 is 0 Å². The lowest BCUT2D eigenvalue weighted by Crippen LogP contribution is -2.48. The van der Waals surface area contributed by atoms with Crippen LogP contribution in [-0.4, -0.2) is 55.3 Å². The molecule has 19 heavy (non-hydrogen) atoms. The molecule has 2 aliphatic rings. The maximum atomic E-state index is 12.4. The average molecular weight is 290 g/mol. The summed E-state index contributed by atoms with van der Waals surface area (Å²) >= 11 is 0. The van der Waals surface area contributed by atoms with Gasteiger partial charge >= 0.3 is 0 Å². The van der Waals surface area contributed by atoms with Gasteiger partial charge in [0.2, 0.25) is 11.8 Å². The van der Waals surface area contributed by atoms with E-state index in [4.69, 9.17) is 5.73 Å². The molecule has 2 fully saturated rings. The molecule has 2 N–H and O–H groups in total. The molecule has 6 heteroatoms. The third kappa shape index (κ3) is 3.03. The van der Waals surface area contributed by atoms with Crippen molar-refractivity contribution in [2.24, 2.45) is 23.5 Å². The number of likely N-dealkylation sites (N-methyl/N-ethyl adjacent to an activating group) is 2. The first-order valence-corrected chi connectivity index (χ1v) is 6.62. The predicted octanol–water partition coefficient (Wildman–Crippen LogP) is 0.328. The lowest BCUT2D eigenvalue weighted by atomic mass is 9.84. The number of carbonyl (C=O) groups excluding carboxylic acids is 2. The Kier molecular flexibility index (Phi) is 5.21. The molecule has 2 bridgehead atoms. The van der Waals surface area contributed by atoms with Crippen molar-refractivity contribution in [2.75, 3.05) is 27.7 Å². The molecule has 0 spiro atoms. The van der Waals surface area contributed by atoms with Crippen molar-refractivity contribution in [1.82, 2.24) is 9.80 Å². The summed E-state index contributed by atoms with van der Waals surface area (Å²) in [4.78, 5) is 27.0. The summed E-state index contributed by atoms with van der Waals surface area (Å²) in [5, 5.41) is 0. The van der Waals surface area contributed by atoms with Gasteiger partial charge in [0.15, 0.2) is 0 Å². The minimum Gasteiger partial charge on any atom is -0.347 e. The Morgan fingerprint density at radius 1 is 1.16 bits per heavy atom. The van der Waals surface area contributed by atoms with Crippen molar-refractivity contribution < 1.29 is 9.59 Å². The Bertz CT molecular complexity index is 360. The van der Waals surface area contributed by atoms with Crippen molar-refractivity contribution >= 4 is 24.2 Å². The van der Waals surface area contributed by atoms with Crippen LogP contribution in [0, 0.1) is 17.8 Å². The second kappa shape index (κ2) is 6.09. The summed E-state index contributed by atoms with van der Waals surface area (Å²) in [6.07, 6.45) is 3.37. The highest BCUT2D eigenvalue weighted by Crippen LogP contribution is 2.48. The molecule has 2 rings (SSSR count). The van der Waals surface area contributed by atoms with Gasteiger partial charge in [-0.2, -0.15) is 0 Å². The van der Waals surface area contributed by atoms with E-state index in [2.05, 4.69) is 0 Å². The van der Waals surface area contributed by atoms with Gasteiger partial charge in [0.05, 0.1) is 12.5 Å². The molecule has 0 radical (unpaired) electrons. The third-order valence-electron chi connectivity index (χ3n) is 4.51. The van der Waals surface area contributed by atoms with Gasteiger partial charge in [-0.25, -0.2) is 0 Å². The highest BCUT2D eigenvalue weighted by Gasteiger charge is 2.49. The first-order chi connectivity index (χ1) is 8.41. The molecular weight excluding hydrogens is 266 g/mol. The van der Waals surface area contributed by atoms with E-state index in [0.717, 1.165) is 19.3 Å². The van der Waals surface area contributed by atoms with Gasteiger partial charge in [0.1, 0.15) is 0 Å². The summed E-state index contributed by atoms with van der Waals surface area (Å²) in [6.45, 7) is 0.145. The summed E-state index contributed by atoms with van der Waals surface area (Å²) in [7, 11) is 5.09. The zero-order valence-electron chi connectivity index (χ0n) is 11.8. The van der Waals surface area contributed by atoms with Gasteiger partial charge in [-0.3, -0.25) is 9.59 Å². The van der Waals surface area contributed by atoms with Crippen LogP contribution < -0.4 is 5.73 Å². The van der Waals surface area contributed by atoms with Crippen LogP contribution in [0.3, 0.4) is 0 Å². The van der Waals surface area contributed by atoms with E-state index in [0.29, 0.717) is 11.8 Å². The van der Waals surface area contributed by atoms with Crippen LogP contribution in [0.5, 0.6) is 0 Å². The van der Waals surface area contributed by atoms with Gasteiger partial charge in [-0.15, -0.1) is 12.4 Å². The number of hydrogen-bond acceptors (Lipinski definition) is 3. The number of rotatable bonds is 3. The van der Waals surface area contributed by atoms with E-state index < -0.39 is 0 Å². The molecule has 110 valence electrons. The summed E-state index contributed by atoms with van der Waals surface area (Å²) < 4.78 is 0. The van der Waals surface area contributed by atoms with Crippen LogP contribution in [0.2, 0.25) is 0 Å². The molecule has 2 amide bonds. The van der Waals surface area contributed by atoms with E-state index in [1.807, 2.05) is 0 Å². The van der Waals surface area contributed by atoms with Crippen LogP contribution in [-0.2, 0) is 9.59 Å². The molecule has 2 aliphatic carbocycles. The summed E-state index contributed by atoms with van der Waals surface area (Å²) in [5.74, 6) is 0.882. The van der Waals surface area contributed by atoms with Crippen molar-refractivity contribution in [3.05, 3.63) is 0 Å². The van der Waals surface area contributed by atoms with Crippen LogP contribution in [0.4, 0.5) is 0 Å². The maximum absolute atomic E-state index is 12.4. The van der Waals surface area contributed by atoms with E-state index in [9.17, 15) is 9.59 Å². The fourth-order valence-corrected chi connectivity index (χ4v) is 3.38. The predicted molar refractivity (Wildman–Crippen MR) is 75.9 cm³/mol. The van der Waals surface area contributed by atoms with Crippen LogP contribution in [0.15, 0.2) is 0 Å². The van der Waals surface area contributed by atoms with Gasteiger partial charge in [-0.1, -0.05) is 0 Å². The van der Waals surface area contributed by atoms with Gasteiger partial charge in [0, 0.05) is 27.2 Å². The quantitative estimate of drug-likeness (QED) is 0.814. The Morgan fingerprint density at radius 2 is 1.74 bits per heavy atom. The van der Waals surface area contributed by atoms with Crippen molar-refractivity contribution in [3.8, 4) is 0 Å². The maximum Gasteiger partial charge on any atom is 0.241 e. The van der Waals surface area contributed by atoms with E-state index in [-0.39, 0.29) is 42.7 Å². The molecule has 4 atom stereocenters. The lowest BCUT2D eigenvalue weighted by molar-refractivity contribution is -0.142. The molecule has 0 aromatic rings. The Balaban J connectivity index is 0.00000180. The van der Waals surface area contributed by atoms with Gasteiger partial charge in [-0.05, 0) is 31.1 Å². The Morgan fingerprint density at radius 3 is 2.21 bits per heavy atom. The van der Waals surface area contributed by atoms with Crippen molar-refractivity contribution in [1.29, 1.82) is 0 Å². The molecule has 5 nitrogen and oxygen atoms in total.